The smallest absolute Gasteiger partial charge is 0.355 e. The molecule has 0 N–H and O–H groups in total. The van der Waals surface area contributed by atoms with Crippen molar-refractivity contribution < 1.29 is 19.1 Å². The first kappa shape index (κ1) is 18.9. The van der Waals surface area contributed by atoms with Gasteiger partial charge in [0.15, 0.2) is 0 Å². The molecule has 0 aromatic heterocycles. The molecule has 0 unspecified atom stereocenters. The second-order valence-corrected chi connectivity index (χ2v) is 6.27. The summed E-state index contributed by atoms with van der Waals surface area (Å²) in [7, 11) is 2.57. The molecule has 0 fully saturated rings. The van der Waals surface area contributed by atoms with E-state index in [-0.39, 0.29) is 11.3 Å². The van der Waals surface area contributed by atoms with Crippen LogP contribution in [-0.4, -0.2) is 31.9 Å². The van der Waals surface area contributed by atoms with E-state index < -0.39 is 11.9 Å². The number of ether oxygens (including phenoxy) is 2. The summed E-state index contributed by atoms with van der Waals surface area (Å²) in [5.74, 6) is -0.246. The Morgan fingerprint density at radius 1 is 1.08 bits per heavy atom. The van der Waals surface area contributed by atoms with Crippen molar-refractivity contribution in [3.8, 4) is 0 Å². The van der Waals surface area contributed by atoms with Crippen LogP contribution in [0.15, 0.2) is 64.9 Å². The lowest BCUT2D eigenvalue weighted by molar-refractivity contribution is -0.139. The lowest BCUT2D eigenvalue weighted by Gasteiger charge is -2.25. The summed E-state index contributed by atoms with van der Waals surface area (Å²) in [5, 5.41) is 0. The predicted octanol–water partition coefficient (Wildman–Crippen LogP) is 3.68. The molecule has 1 aromatic carbocycles. The highest BCUT2D eigenvalue weighted by molar-refractivity contribution is 7.99. The number of nitrogens with zero attached hydrogens (tertiary/aromatic N) is 1. The van der Waals surface area contributed by atoms with Gasteiger partial charge in [-0.25, -0.2) is 9.59 Å². The summed E-state index contributed by atoms with van der Waals surface area (Å²) < 4.78 is 9.76. The highest BCUT2D eigenvalue weighted by Gasteiger charge is 2.28. The normalized spacial score (nSPS) is 13.6. The quantitative estimate of drug-likeness (QED) is 0.570. The van der Waals surface area contributed by atoms with Crippen molar-refractivity contribution in [1.29, 1.82) is 0 Å². The molecule has 0 bridgehead atoms. The first-order valence-corrected chi connectivity index (χ1v) is 8.89. The van der Waals surface area contributed by atoms with Crippen molar-refractivity contribution in [2.24, 2.45) is 0 Å². The van der Waals surface area contributed by atoms with Crippen molar-refractivity contribution in [2.45, 2.75) is 18.2 Å². The van der Waals surface area contributed by atoms with E-state index in [2.05, 4.69) is 6.92 Å². The summed E-state index contributed by atoms with van der Waals surface area (Å²) in [4.78, 5) is 27.3. The predicted molar refractivity (Wildman–Crippen MR) is 99.3 cm³/mol. The van der Waals surface area contributed by atoms with Gasteiger partial charge in [-0.15, -0.1) is 11.8 Å². The number of carbonyl (C=O) groups is 2. The zero-order valence-electron chi connectivity index (χ0n) is 14.5. The maximum absolute atomic E-state index is 12.5. The first-order valence-electron chi connectivity index (χ1n) is 7.90. The van der Waals surface area contributed by atoms with Gasteiger partial charge in [0.1, 0.15) is 5.70 Å². The number of esters is 2. The number of allylic oxidation sites excluding steroid dienone is 2. The number of para-hydroxylation sites is 1. The third-order valence-corrected chi connectivity index (χ3v) is 4.74. The van der Waals surface area contributed by atoms with E-state index >= 15 is 0 Å². The Bertz CT molecular complexity index is 737. The molecule has 0 atom stereocenters. The van der Waals surface area contributed by atoms with Gasteiger partial charge in [-0.3, -0.25) is 0 Å². The molecule has 0 aliphatic carbocycles. The largest absolute Gasteiger partial charge is 0.465 e. The number of thioether (sulfide) groups is 1. The zero-order valence-corrected chi connectivity index (χ0v) is 15.3. The minimum Gasteiger partial charge on any atom is -0.465 e. The molecule has 1 aliphatic rings. The van der Waals surface area contributed by atoms with Gasteiger partial charge in [0, 0.05) is 11.1 Å². The van der Waals surface area contributed by atoms with Gasteiger partial charge in [-0.1, -0.05) is 25.1 Å². The molecule has 0 radical (unpaired) electrons. The fraction of sp³-hybridized carbons (Fsp3) is 0.263. The molecule has 132 valence electrons. The van der Waals surface area contributed by atoms with Gasteiger partial charge in [-0.05, 0) is 36.5 Å². The second-order valence-electron chi connectivity index (χ2n) is 5.13. The molecule has 1 aromatic rings. The van der Waals surface area contributed by atoms with E-state index in [0.717, 1.165) is 22.8 Å². The highest BCUT2D eigenvalue weighted by Crippen LogP contribution is 2.34. The Hall–Kier alpha value is -2.47. The van der Waals surface area contributed by atoms with Crippen molar-refractivity contribution >= 4 is 29.4 Å². The van der Waals surface area contributed by atoms with Crippen LogP contribution >= 0.6 is 11.8 Å². The van der Waals surface area contributed by atoms with Crippen molar-refractivity contribution in [3.63, 3.8) is 0 Å². The first-order chi connectivity index (χ1) is 12.1. The molecule has 0 saturated carbocycles. The summed E-state index contributed by atoms with van der Waals surface area (Å²) in [6, 6.07) is 7.74. The number of rotatable bonds is 6. The molecular formula is C19H21NO4S. The Kier molecular flexibility index (Phi) is 6.89. The fourth-order valence-corrected chi connectivity index (χ4v) is 3.25. The standard InChI is InChI=1S/C19H21NO4S/c1-4-13-25-16-11-6-5-10-15(16)20-12-8-7-9-14(18(21)23-2)17(20)19(22)24-3/h5-12H,4,13H2,1-3H3. The lowest BCUT2D eigenvalue weighted by atomic mass is 10.1. The number of carbonyl (C=O) groups excluding carboxylic acids is 2. The maximum atomic E-state index is 12.5. The van der Waals surface area contributed by atoms with Crippen LogP contribution in [0.5, 0.6) is 0 Å². The lowest BCUT2D eigenvalue weighted by Crippen LogP contribution is -2.27. The van der Waals surface area contributed by atoms with Crippen LogP contribution in [-0.2, 0) is 19.1 Å². The van der Waals surface area contributed by atoms with Crippen LogP contribution in [0, 0.1) is 0 Å². The average molecular weight is 359 g/mol. The van der Waals surface area contributed by atoms with Gasteiger partial charge < -0.3 is 14.4 Å². The Balaban J connectivity index is 2.61. The van der Waals surface area contributed by atoms with E-state index in [1.165, 1.54) is 14.2 Å². The molecule has 5 nitrogen and oxygen atoms in total. The number of hydrogen-bond acceptors (Lipinski definition) is 6. The van der Waals surface area contributed by atoms with Crippen molar-refractivity contribution in [3.05, 3.63) is 60.0 Å². The van der Waals surface area contributed by atoms with Gasteiger partial charge in [0.25, 0.3) is 0 Å². The van der Waals surface area contributed by atoms with Gasteiger partial charge in [0.2, 0.25) is 0 Å². The third kappa shape index (κ3) is 4.33. The van der Waals surface area contributed by atoms with E-state index in [1.807, 2.05) is 24.3 Å². The average Bonchev–Trinajstić information content (AvgIpc) is 2.88. The molecule has 1 heterocycles. The minimum atomic E-state index is -0.605. The molecule has 25 heavy (non-hydrogen) atoms. The summed E-state index contributed by atoms with van der Waals surface area (Å²) >= 11 is 1.70. The monoisotopic (exact) mass is 359 g/mol. The molecule has 0 saturated heterocycles. The highest BCUT2D eigenvalue weighted by atomic mass is 32.2. The summed E-state index contributed by atoms with van der Waals surface area (Å²) in [6.45, 7) is 2.11. The van der Waals surface area contributed by atoms with Gasteiger partial charge in [0.05, 0.1) is 25.5 Å². The Morgan fingerprint density at radius 3 is 2.48 bits per heavy atom. The van der Waals surface area contributed by atoms with Crippen molar-refractivity contribution in [2.75, 3.05) is 24.9 Å². The van der Waals surface area contributed by atoms with Crippen LogP contribution in [0.25, 0.3) is 0 Å². The Morgan fingerprint density at radius 2 is 1.80 bits per heavy atom. The summed E-state index contributed by atoms with van der Waals surface area (Å²) in [5.41, 5.74) is 1.08. The molecular weight excluding hydrogens is 338 g/mol. The number of benzene rings is 1. The van der Waals surface area contributed by atoms with Crippen LogP contribution < -0.4 is 4.90 Å². The molecule has 6 heteroatoms. The molecule has 0 amide bonds. The topological polar surface area (TPSA) is 55.8 Å². The second kappa shape index (κ2) is 9.13. The fourth-order valence-electron chi connectivity index (χ4n) is 2.34. The molecule has 1 aliphatic heterocycles. The SMILES string of the molecule is CCCSc1ccccc1N1C=CC=CC(C(=O)OC)=C1C(=O)OC. The van der Waals surface area contributed by atoms with Crippen LogP contribution in [0.3, 0.4) is 0 Å². The minimum absolute atomic E-state index is 0.129. The molecule has 2 rings (SSSR count). The van der Waals surface area contributed by atoms with Crippen LogP contribution in [0.4, 0.5) is 5.69 Å². The Labute approximate surface area is 152 Å². The molecule has 0 spiro atoms. The van der Waals surface area contributed by atoms with E-state index in [4.69, 9.17) is 9.47 Å². The third-order valence-electron chi connectivity index (χ3n) is 3.48. The van der Waals surface area contributed by atoms with Crippen LogP contribution in [0.2, 0.25) is 0 Å². The number of hydrogen-bond donors (Lipinski definition) is 0. The zero-order chi connectivity index (χ0) is 18.2. The number of anilines is 1. The maximum Gasteiger partial charge on any atom is 0.355 e. The van der Waals surface area contributed by atoms with Gasteiger partial charge in [-0.2, -0.15) is 0 Å². The van der Waals surface area contributed by atoms with Gasteiger partial charge >= 0.3 is 11.9 Å². The number of methoxy groups -OCH3 is 2. The van der Waals surface area contributed by atoms with E-state index in [1.54, 1.807) is 41.1 Å². The van der Waals surface area contributed by atoms with E-state index in [9.17, 15) is 9.59 Å². The van der Waals surface area contributed by atoms with Crippen molar-refractivity contribution in [1.82, 2.24) is 0 Å². The van der Waals surface area contributed by atoms with E-state index in [0.29, 0.717) is 0 Å². The summed E-state index contributed by atoms with van der Waals surface area (Å²) in [6.07, 6.45) is 7.78. The van der Waals surface area contributed by atoms with Crippen LogP contribution in [0.1, 0.15) is 13.3 Å².